The van der Waals surface area contributed by atoms with E-state index in [2.05, 4.69) is 36.2 Å². The van der Waals surface area contributed by atoms with Gasteiger partial charge in [0.1, 0.15) is 17.4 Å². The lowest BCUT2D eigenvalue weighted by atomic mass is 10.0. The van der Waals surface area contributed by atoms with E-state index in [0.29, 0.717) is 18.6 Å². The highest BCUT2D eigenvalue weighted by molar-refractivity contribution is 9.10. The van der Waals surface area contributed by atoms with Gasteiger partial charge >= 0.3 is 0 Å². The maximum Gasteiger partial charge on any atom is 0.225 e. The minimum atomic E-state index is -0.259. The van der Waals surface area contributed by atoms with Crippen LogP contribution in [0.4, 0.5) is 0 Å². The first-order chi connectivity index (χ1) is 18.4. The normalized spacial score (nSPS) is 12.0. The van der Waals surface area contributed by atoms with E-state index in [-0.39, 0.29) is 18.4 Å². The smallest absolute Gasteiger partial charge is 0.225 e. The molecule has 0 radical (unpaired) electrons. The van der Waals surface area contributed by atoms with Crippen molar-refractivity contribution < 1.29 is 14.3 Å². The van der Waals surface area contributed by atoms with Crippen LogP contribution < -0.4 is 10.1 Å². The molecule has 0 aliphatic carbocycles. The molecule has 0 spiro atoms. The second-order valence-electron chi connectivity index (χ2n) is 9.62. The Morgan fingerprint density at radius 3 is 2.71 bits per heavy atom. The van der Waals surface area contributed by atoms with Gasteiger partial charge in [-0.15, -0.1) is 0 Å². The SMILES string of the molecule is CCC(=O)CCCCC[C@H](NC(=O)Cc1c(C)[nH]c2ccc(OC)cc12)c1ncc(-c2cccc(Br)c2)[nH]1. The Hall–Kier alpha value is -3.39. The molecule has 4 aromatic rings. The number of hydrogen-bond acceptors (Lipinski definition) is 4. The number of ether oxygens (including phenoxy) is 1. The first-order valence-electron chi connectivity index (χ1n) is 13.1. The summed E-state index contributed by atoms with van der Waals surface area (Å²) in [5.41, 5.74) is 4.82. The molecule has 2 aromatic carbocycles. The Labute approximate surface area is 231 Å². The Balaban J connectivity index is 1.50. The van der Waals surface area contributed by atoms with E-state index in [1.807, 2.05) is 62.5 Å². The van der Waals surface area contributed by atoms with Gasteiger partial charge in [0.15, 0.2) is 0 Å². The predicted molar refractivity (Wildman–Crippen MR) is 154 cm³/mol. The Morgan fingerprint density at radius 2 is 1.95 bits per heavy atom. The molecule has 0 saturated heterocycles. The number of aromatic amines is 2. The van der Waals surface area contributed by atoms with Gasteiger partial charge in [0, 0.05) is 39.5 Å². The van der Waals surface area contributed by atoms with Crippen molar-refractivity contribution in [1.29, 1.82) is 0 Å². The molecule has 0 aliphatic rings. The highest BCUT2D eigenvalue weighted by atomic mass is 79.9. The van der Waals surface area contributed by atoms with Gasteiger partial charge in [-0.3, -0.25) is 9.59 Å². The molecule has 8 heteroatoms. The molecule has 1 amide bonds. The molecule has 0 unspecified atom stereocenters. The van der Waals surface area contributed by atoms with Gasteiger partial charge in [-0.1, -0.05) is 47.8 Å². The van der Waals surface area contributed by atoms with Crippen LogP contribution in [0.25, 0.3) is 22.2 Å². The number of H-pyrrole nitrogens is 2. The van der Waals surface area contributed by atoms with Gasteiger partial charge in [-0.25, -0.2) is 4.98 Å². The van der Waals surface area contributed by atoms with E-state index in [0.717, 1.165) is 75.1 Å². The zero-order valence-electron chi connectivity index (χ0n) is 22.2. The molecule has 7 nitrogen and oxygen atoms in total. The largest absolute Gasteiger partial charge is 0.497 e. The van der Waals surface area contributed by atoms with E-state index < -0.39 is 0 Å². The third-order valence-electron chi connectivity index (χ3n) is 6.90. The number of aromatic nitrogens is 3. The number of carbonyl (C=O) groups is 2. The van der Waals surface area contributed by atoms with Crippen molar-refractivity contribution >= 4 is 38.5 Å². The summed E-state index contributed by atoms with van der Waals surface area (Å²) in [4.78, 5) is 36.4. The molecule has 4 rings (SSSR count). The Morgan fingerprint density at radius 1 is 1.11 bits per heavy atom. The lowest BCUT2D eigenvalue weighted by Crippen LogP contribution is -2.30. The van der Waals surface area contributed by atoms with E-state index in [1.165, 1.54) is 0 Å². The number of rotatable bonds is 13. The highest BCUT2D eigenvalue weighted by Crippen LogP contribution is 2.28. The summed E-state index contributed by atoms with van der Waals surface area (Å²) in [6.45, 7) is 3.89. The first kappa shape index (κ1) is 27.6. The lowest BCUT2D eigenvalue weighted by Gasteiger charge is -2.17. The van der Waals surface area contributed by atoms with Crippen LogP contribution >= 0.6 is 15.9 Å². The molecular weight excluding hydrogens is 544 g/mol. The quantitative estimate of drug-likeness (QED) is 0.149. The summed E-state index contributed by atoms with van der Waals surface area (Å²) in [5.74, 6) is 1.72. The number of aryl methyl sites for hydroxylation is 1. The van der Waals surface area contributed by atoms with Crippen molar-refractivity contribution in [1.82, 2.24) is 20.3 Å². The molecular formula is C30H35BrN4O3. The molecule has 0 bridgehead atoms. The van der Waals surface area contributed by atoms with Crippen LogP contribution in [-0.2, 0) is 16.0 Å². The maximum atomic E-state index is 13.3. The zero-order valence-corrected chi connectivity index (χ0v) is 23.8. The molecule has 2 aromatic heterocycles. The fourth-order valence-corrected chi connectivity index (χ4v) is 5.14. The Kier molecular flexibility index (Phi) is 9.39. The number of benzene rings is 2. The van der Waals surface area contributed by atoms with Crippen molar-refractivity contribution in [2.45, 2.75) is 64.8 Å². The third-order valence-corrected chi connectivity index (χ3v) is 7.40. The second-order valence-corrected chi connectivity index (χ2v) is 10.5. The van der Waals surface area contributed by atoms with E-state index in [9.17, 15) is 9.59 Å². The standard InChI is InChI=1S/C30H35BrN4O3/c1-4-22(36)11-6-5-7-12-27(30-32-18-28(35-30)20-9-8-10-21(31)15-20)34-29(37)17-24-19(2)33-26-14-13-23(38-3)16-25(24)26/h8-10,13-16,18,27,33H,4-7,11-12,17H2,1-3H3,(H,32,35)(H,34,37)/t27-/m0/s1. The summed E-state index contributed by atoms with van der Waals surface area (Å²) in [6.07, 6.45) is 6.68. The van der Waals surface area contributed by atoms with Gasteiger partial charge in [-0.2, -0.15) is 0 Å². The molecule has 0 aliphatic heterocycles. The van der Waals surface area contributed by atoms with Crippen LogP contribution in [0.2, 0.25) is 0 Å². The average Bonchev–Trinajstić information content (AvgIpc) is 3.52. The van der Waals surface area contributed by atoms with Gasteiger partial charge in [0.2, 0.25) is 5.91 Å². The van der Waals surface area contributed by atoms with Crippen molar-refractivity contribution in [2.75, 3.05) is 7.11 Å². The number of hydrogen-bond donors (Lipinski definition) is 3. The number of amides is 1. The van der Waals surface area contributed by atoms with Crippen LogP contribution in [0, 0.1) is 6.92 Å². The van der Waals surface area contributed by atoms with Crippen LogP contribution in [0.3, 0.4) is 0 Å². The van der Waals surface area contributed by atoms with Crippen molar-refractivity contribution in [3.05, 3.63) is 70.2 Å². The number of methoxy groups -OCH3 is 1. The van der Waals surface area contributed by atoms with Crippen molar-refractivity contribution in [3.8, 4) is 17.0 Å². The maximum absolute atomic E-state index is 13.3. The fourth-order valence-electron chi connectivity index (χ4n) is 4.74. The number of halogens is 1. The molecule has 3 N–H and O–H groups in total. The van der Waals surface area contributed by atoms with Gasteiger partial charge in [0.25, 0.3) is 0 Å². The minimum Gasteiger partial charge on any atom is -0.497 e. The second kappa shape index (κ2) is 12.9. The highest BCUT2D eigenvalue weighted by Gasteiger charge is 2.20. The van der Waals surface area contributed by atoms with Gasteiger partial charge < -0.3 is 20.0 Å². The summed E-state index contributed by atoms with van der Waals surface area (Å²) < 4.78 is 6.38. The molecule has 200 valence electrons. The number of ketones is 1. The van der Waals surface area contributed by atoms with E-state index in [1.54, 1.807) is 7.11 Å². The number of unbranched alkanes of at least 4 members (excludes halogenated alkanes) is 2. The average molecular weight is 580 g/mol. The van der Waals surface area contributed by atoms with Crippen molar-refractivity contribution in [2.24, 2.45) is 0 Å². The molecule has 0 saturated carbocycles. The predicted octanol–water partition coefficient (Wildman–Crippen LogP) is 6.97. The molecule has 1 atom stereocenters. The van der Waals surface area contributed by atoms with Crippen LogP contribution in [0.15, 0.2) is 53.1 Å². The Bertz CT molecular complexity index is 1410. The summed E-state index contributed by atoms with van der Waals surface area (Å²) in [6, 6.07) is 13.6. The number of nitrogens with one attached hydrogen (secondary N) is 3. The number of Topliss-reactive ketones (excluding diaryl/α,β-unsaturated/α-hetero) is 1. The van der Waals surface area contributed by atoms with Crippen LogP contribution in [0.5, 0.6) is 5.75 Å². The third kappa shape index (κ3) is 6.92. The number of imidazole rings is 1. The first-order valence-corrected chi connectivity index (χ1v) is 13.9. The van der Waals surface area contributed by atoms with E-state index >= 15 is 0 Å². The van der Waals surface area contributed by atoms with Gasteiger partial charge in [-0.05, 0) is 55.7 Å². The van der Waals surface area contributed by atoms with Crippen molar-refractivity contribution in [3.63, 3.8) is 0 Å². The van der Waals surface area contributed by atoms with Crippen LogP contribution in [0.1, 0.15) is 68.6 Å². The number of carbonyl (C=O) groups excluding carboxylic acids is 2. The topological polar surface area (TPSA) is 99.9 Å². The molecule has 38 heavy (non-hydrogen) atoms. The number of fused-ring (bicyclic) bond motifs is 1. The monoisotopic (exact) mass is 578 g/mol. The molecule has 0 fully saturated rings. The lowest BCUT2D eigenvalue weighted by molar-refractivity contribution is -0.121. The summed E-state index contributed by atoms with van der Waals surface area (Å²) >= 11 is 3.53. The molecule has 2 heterocycles. The zero-order chi connectivity index (χ0) is 27.1. The minimum absolute atomic E-state index is 0.0663. The van der Waals surface area contributed by atoms with Crippen LogP contribution in [-0.4, -0.2) is 33.8 Å². The number of nitrogens with zero attached hydrogens (tertiary/aromatic N) is 1. The van der Waals surface area contributed by atoms with E-state index in [4.69, 9.17) is 4.74 Å². The van der Waals surface area contributed by atoms with Gasteiger partial charge in [0.05, 0.1) is 31.5 Å². The summed E-state index contributed by atoms with van der Waals surface area (Å²) in [5, 5.41) is 4.22. The fraction of sp³-hybridized carbons (Fsp3) is 0.367. The summed E-state index contributed by atoms with van der Waals surface area (Å²) in [7, 11) is 1.64.